The van der Waals surface area contributed by atoms with Crippen molar-refractivity contribution in [3.05, 3.63) is 17.6 Å². The minimum absolute atomic E-state index is 0.0710. The van der Waals surface area contributed by atoms with Crippen LogP contribution in [0, 0.1) is 0 Å². The number of aryl methyl sites for hydroxylation is 1. The number of amides is 2. The van der Waals surface area contributed by atoms with Gasteiger partial charge in [0.25, 0.3) is 0 Å². The number of nitrogens with zero attached hydrogens (tertiary/aromatic N) is 3. The first-order valence-electron chi connectivity index (χ1n) is 10.0. The summed E-state index contributed by atoms with van der Waals surface area (Å²) in [7, 11) is 0. The van der Waals surface area contributed by atoms with E-state index < -0.39 is 0 Å². The molecule has 1 aromatic rings. The van der Waals surface area contributed by atoms with Gasteiger partial charge in [0.2, 0.25) is 0 Å². The van der Waals surface area contributed by atoms with Gasteiger partial charge in [-0.1, -0.05) is 0 Å². The van der Waals surface area contributed by atoms with Gasteiger partial charge >= 0.3 is 6.03 Å². The molecule has 2 N–H and O–H groups in total. The highest BCUT2D eigenvalue weighted by Gasteiger charge is 2.25. The molecule has 1 aliphatic carbocycles. The third-order valence-electron chi connectivity index (χ3n) is 5.75. The maximum absolute atomic E-state index is 12.1. The Morgan fingerprint density at radius 3 is 2.81 bits per heavy atom. The third-order valence-corrected chi connectivity index (χ3v) is 5.75. The number of urea groups is 1. The second-order valence-corrected chi connectivity index (χ2v) is 7.58. The predicted molar refractivity (Wildman–Crippen MR) is 99.4 cm³/mol. The highest BCUT2D eigenvalue weighted by atomic mass is 16.5. The maximum Gasteiger partial charge on any atom is 0.315 e. The Balaban J connectivity index is 1.26. The van der Waals surface area contributed by atoms with E-state index in [4.69, 9.17) is 4.74 Å². The van der Waals surface area contributed by atoms with Crippen LogP contribution in [0.2, 0.25) is 0 Å². The number of hydrogen-bond donors (Lipinski definition) is 2. The summed E-state index contributed by atoms with van der Waals surface area (Å²) in [5, 5.41) is 6.06. The van der Waals surface area contributed by atoms with Crippen LogP contribution in [0.3, 0.4) is 0 Å². The van der Waals surface area contributed by atoms with Gasteiger partial charge in [-0.2, -0.15) is 0 Å². The summed E-state index contributed by atoms with van der Waals surface area (Å²) in [6.07, 6.45) is 10.6. The molecular formula is C19H29N5O2. The van der Waals surface area contributed by atoms with Crippen LogP contribution in [0.4, 0.5) is 10.6 Å². The van der Waals surface area contributed by atoms with E-state index in [0.29, 0.717) is 6.54 Å². The summed E-state index contributed by atoms with van der Waals surface area (Å²) in [5.41, 5.74) is 2.58. The van der Waals surface area contributed by atoms with E-state index >= 15 is 0 Å². The van der Waals surface area contributed by atoms with E-state index in [1.807, 2.05) is 0 Å². The van der Waals surface area contributed by atoms with Crippen LogP contribution < -0.4 is 15.5 Å². The van der Waals surface area contributed by atoms with Crippen molar-refractivity contribution in [2.45, 2.75) is 63.5 Å². The minimum Gasteiger partial charge on any atom is -0.376 e. The number of carbonyl (C=O) groups is 1. The standard InChI is InChI=1S/C19H29N5O2/c25-19(20-12-15-4-3-11-26-15)23-14-7-9-24(10-8-14)18-16-5-1-2-6-17(16)21-13-22-18/h13-15H,1-12H2,(H2,20,23,25). The quantitative estimate of drug-likeness (QED) is 0.857. The molecule has 0 radical (unpaired) electrons. The molecule has 7 heteroatoms. The van der Waals surface area contributed by atoms with Crippen molar-refractivity contribution in [1.29, 1.82) is 0 Å². The highest BCUT2D eigenvalue weighted by Crippen LogP contribution is 2.28. The van der Waals surface area contributed by atoms with E-state index in [1.54, 1.807) is 6.33 Å². The summed E-state index contributed by atoms with van der Waals surface area (Å²) in [5.74, 6) is 1.12. The van der Waals surface area contributed by atoms with Gasteiger partial charge in [0.15, 0.2) is 0 Å². The normalized spacial score (nSPS) is 23.5. The molecule has 26 heavy (non-hydrogen) atoms. The number of piperidine rings is 1. The zero-order chi connectivity index (χ0) is 17.8. The second kappa shape index (κ2) is 8.20. The van der Waals surface area contributed by atoms with Gasteiger partial charge in [0, 0.05) is 43.5 Å². The lowest BCUT2D eigenvalue weighted by molar-refractivity contribution is 0.111. The van der Waals surface area contributed by atoms with E-state index in [9.17, 15) is 4.79 Å². The Morgan fingerprint density at radius 1 is 1.15 bits per heavy atom. The lowest BCUT2D eigenvalue weighted by Gasteiger charge is -2.35. The van der Waals surface area contributed by atoms with Crippen molar-refractivity contribution < 1.29 is 9.53 Å². The van der Waals surface area contributed by atoms with Crippen molar-refractivity contribution in [3.63, 3.8) is 0 Å². The minimum atomic E-state index is -0.0710. The van der Waals surface area contributed by atoms with Crippen LogP contribution >= 0.6 is 0 Å². The molecule has 0 saturated carbocycles. The van der Waals surface area contributed by atoms with Crippen LogP contribution in [0.25, 0.3) is 0 Å². The molecule has 1 aromatic heterocycles. The number of nitrogens with one attached hydrogen (secondary N) is 2. The lowest BCUT2D eigenvalue weighted by atomic mass is 9.95. The van der Waals surface area contributed by atoms with Gasteiger partial charge in [0.1, 0.15) is 12.1 Å². The molecule has 0 spiro atoms. The first-order chi connectivity index (χ1) is 12.8. The summed E-state index contributed by atoms with van der Waals surface area (Å²) >= 11 is 0. The molecule has 7 nitrogen and oxygen atoms in total. The maximum atomic E-state index is 12.1. The Hall–Kier alpha value is -1.89. The molecule has 3 heterocycles. The van der Waals surface area contributed by atoms with Gasteiger partial charge in [-0.25, -0.2) is 14.8 Å². The van der Waals surface area contributed by atoms with Gasteiger partial charge in [0.05, 0.1) is 6.10 Å². The monoisotopic (exact) mass is 359 g/mol. The van der Waals surface area contributed by atoms with E-state index in [-0.39, 0.29) is 18.2 Å². The number of aromatic nitrogens is 2. The molecule has 0 aromatic carbocycles. The third kappa shape index (κ3) is 4.09. The fourth-order valence-corrected chi connectivity index (χ4v) is 4.26. The lowest BCUT2D eigenvalue weighted by Crippen LogP contribution is -2.49. The molecule has 2 saturated heterocycles. The molecule has 2 amide bonds. The molecule has 2 fully saturated rings. The van der Waals surface area contributed by atoms with E-state index in [1.165, 1.54) is 24.1 Å². The van der Waals surface area contributed by atoms with Crippen molar-refractivity contribution >= 4 is 11.8 Å². The van der Waals surface area contributed by atoms with E-state index in [0.717, 1.165) is 64.0 Å². The van der Waals surface area contributed by atoms with E-state index in [2.05, 4.69) is 25.5 Å². The molecule has 1 unspecified atom stereocenters. The molecule has 0 bridgehead atoms. The van der Waals surface area contributed by atoms with Crippen LogP contribution in [0.15, 0.2) is 6.33 Å². The molecule has 2 aliphatic heterocycles. The number of carbonyl (C=O) groups excluding carboxylic acids is 1. The van der Waals surface area contributed by atoms with Gasteiger partial charge < -0.3 is 20.3 Å². The SMILES string of the molecule is O=C(NCC1CCCO1)NC1CCN(c2ncnc3c2CCCC3)CC1. The first-order valence-corrected chi connectivity index (χ1v) is 10.0. The van der Waals surface area contributed by atoms with Gasteiger partial charge in [-0.15, -0.1) is 0 Å². The van der Waals surface area contributed by atoms with Crippen molar-refractivity contribution in [2.75, 3.05) is 31.1 Å². The second-order valence-electron chi connectivity index (χ2n) is 7.58. The first kappa shape index (κ1) is 17.5. The van der Waals surface area contributed by atoms with Gasteiger partial charge in [-0.05, 0) is 51.4 Å². The van der Waals surface area contributed by atoms with Crippen molar-refractivity contribution in [3.8, 4) is 0 Å². The fourth-order valence-electron chi connectivity index (χ4n) is 4.26. The number of rotatable bonds is 4. The van der Waals surface area contributed by atoms with Crippen LogP contribution in [0.1, 0.15) is 49.8 Å². The van der Waals surface area contributed by atoms with Crippen LogP contribution in [-0.2, 0) is 17.6 Å². The zero-order valence-corrected chi connectivity index (χ0v) is 15.4. The average molecular weight is 359 g/mol. The Morgan fingerprint density at radius 2 is 2.00 bits per heavy atom. The van der Waals surface area contributed by atoms with Crippen LogP contribution in [-0.4, -0.2) is 54.4 Å². The van der Waals surface area contributed by atoms with Crippen LogP contribution in [0.5, 0.6) is 0 Å². The molecule has 1 atom stereocenters. The molecule has 3 aliphatic rings. The number of hydrogen-bond acceptors (Lipinski definition) is 5. The van der Waals surface area contributed by atoms with Crippen molar-refractivity contribution in [1.82, 2.24) is 20.6 Å². The highest BCUT2D eigenvalue weighted by molar-refractivity contribution is 5.74. The molecule has 142 valence electrons. The predicted octanol–water partition coefficient (Wildman–Crippen LogP) is 1.80. The Kier molecular flexibility index (Phi) is 5.53. The topological polar surface area (TPSA) is 79.4 Å². The molecule has 4 rings (SSSR count). The van der Waals surface area contributed by atoms with Gasteiger partial charge in [-0.3, -0.25) is 0 Å². The summed E-state index contributed by atoms with van der Waals surface area (Å²) in [6, 6.07) is 0.159. The average Bonchev–Trinajstić information content (AvgIpc) is 3.20. The fraction of sp³-hybridized carbons (Fsp3) is 0.737. The Labute approximate surface area is 154 Å². The summed E-state index contributed by atoms with van der Waals surface area (Å²) in [6.45, 7) is 3.29. The molecular weight excluding hydrogens is 330 g/mol. The number of fused-ring (bicyclic) bond motifs is 1. The smallest absolute Gasteiger partial charge is 0.315 e. The summed E-state index contributed by atoms with van der Waals surface area (Å²) in [4.78, 5) is 23.5. The Bertz CT molecular complexity index is 624. The zero-order valence-electron chi connectivity index (χ0n) is 15.4. The largest absolute Gasteiger partial charge is 0.376 e. The number of anilines is 1. The summed E-state index contributed by atoms with van der Waals surface area (Å²) < 4.78 is 5.54. The van der Waals surface area contributed by atoms with Crippen molar-refractivity contribution in [2.24, 2.45) is 0 Å². The number of ether oxygens (including phenoxy) is 1.